The quantitative estimate of drug-likeness (QED) is 0.384. The highest BCUT2D eigenvalue weighted by molar-refractivity contribution is 14.0. The van der Waals surface area contributed by atoms with Crippen LogP contribution >= 0.6 is 35.3 Å². The Bertz CT molecular complexity index is 637. The van der Waals surface area contributed by atoms with Crippen LogP contribution < -0.4 is 15.4 Å². The SMILES string of the molecule is CN=C(NCC(C)Oc1cccc(F)c1)NC(C)c1cccs1.I. The van der Waals surface area contributed by atoms with Crippen LogP contribution in [0, 0.1) is 5.82 Å². The molecule has 24 heavy (non-hydrogen) atoms. The van der Waals surface area contributed by atoms with Crippen LogP contribution in [-0.2, 0) is 0 Å². The minimum absolute atomic E-state index is 0. The first kappa shape index (κ1) is 20.7. The molecular formula is C17H23FIN3OS. The maximum atomic E-state index is 13.1. The number of aliphatic imine (C=N–C) groups is 1. The molecule has 0 saturated heterocycles. The van der Waals surface area contributed by atoms with E-state index >= 15 is 0 Å². The van der Waals surface area contributed by atoms with E-state index in [-0.39, 0.29) is 41.9 Å². The van der Waals surface area contributed by atoms with E-state index in [0.717, 1.165) is 0 Å². The lowest BCUT2D eigenvalue weighted by Gasteiger charge is -2.20. The second-order valence-electron chi connectivity index (χ2n) is 5.22. The van der Waals surface area contributed by atoms with Gasteiger partial charge >= 0.3 is 0 Å². The summed E-state index contributed by atoms with van der Waals surface area (Å²) in [4.78, 5) is 5.46. The van der Waals surface area contributed by atoms with Gasteiger partial charge in [0.25, 0.3) is 0 Å². The van der Waals surface area contributed by atoms with Crippen LogP contribution in [0.5, 0.6) is 5.75 Å². The first-order chi connectivity index (χ1) is 11.1. The summed E-state index contributed by atoms with van der Waals surface area (Å²) in [6.45, 7) is 4.58. The van der Waals surface area contributed by atoms with Gasteiger partial charge in [0, 0.05) is 18.0 Å². The molecule has 2 rings (SSSR count). The third kappa shape index (κ3) is 6.64. The van der Waals surface area contributed by atoms with Gasteiger partial charge in [-0.15, -0.1) is 35.3 Å². The van der Waals surface area contributed by atoms with E-state index in [2.05, 4.69) is 34.0 Å². The third-order valence-corrected chi connectivity index (χ3v) is 4.29. The van der Waals surface area contributed by atoms with Crippen LogP contribution in [0.25, 0.3) is 0 Å². The van der Waals surface area contributed by atoms with Gasteiger partial charge in [0.05, 0.1) is 12.6 Å². The lowest BCUT2D eigenvalue weighted by atomic mass is 10.3. The summed E-state index contributed by atoms with van der Waals surface area (Å²) < 4.78 is 18.8. The topological polar surface area (TPSA) is 45.7 Å². The van der Waals surface area contributed by atoms with E-state index in [1.165, 1.54) is 17.0 Å². The number of guanidine groups is 1. The molecule has 0 radical (unpaired) electrons. The summed E-state index contributed by atoms with van der Waals surface area (Å²) in [5.41, 5.74) is 0. The molecule has 2 aromatic rings. The van der Waals surface area contributed by atoms with Crippen molar-refractivity contribution >= 4 is 41.3 Å². The van der Waals surface area contributed by atoms with Gasteiger partial charge < -0.3 is 15.4 Å². The van der Waals surface area contributed by atoms with Gasteiger partial charge in [0.15, 0.2) is 5.96 Å². The zero-order valence-corrected chi connectivity index (χ0v) is 17.1. The van der Waals surface area contributed by atoms with E-state index in [9.17, 15) is 4.39 Å². The second-order valence-corrected chi connectivity index (χ2v) is 6.20. The summed E-state index contributed by atoms with van der Waals surface area (Å²) in [6, 6.07) is 10.4. The van der Waals surface area contributed by atoms with Crippen molar-refractivity contribution in [1.29, 1.82) is 0 Å². The molecule has 0 fully saturated rings. The van der Waals surface area contributed by atoms with E-state index in [1.54, 1.807) is 30.5 Å². The van der Waals surface area contributed by atoms with Crippen molar-refractivity contribution < 1.29 is 9.13 Å². The first-order valence-electron chi connectivity index (χ1n) is 7.51. The highest BCUT2D eigenvalue weighted by Crippen LogP contribution is 2.17. The Morgan fingerprint density at radius 3 is 2.71 bits per heavy atom. The number of rotatable bonds is 6. The minimum Gasteiger partial charge on any atom is -0.489 e. The predicted octanol–water partition coefficient (Wildman–Crippen LogP) is 4.20. The number of ether oxygens (including phenoxy) is 1. The normalized spacial score (nSPS) is 13.6. The Balaban J connectivity index is 0.00000288. The van der Waals surface area contributed by atoms with Crippen molar-refractivity contribution in [2.75, 3.05) is 13.6 Å². The number of benzene rings is 1. The first-order valence-corrected chi connectivity index (χ1v) is 8.39. The van der Waals surface area contributed by atoms with E-state index < -0.39 is 0 Å². The molecule has 1 aromatic carbocycles. The monoisotopic (exact) mass is 463 g/mol. The molecule has 4 nitrogen and oxygen atoms in total. The maximum absolute atomic E-state index is 13.1. The van der Waals surface area contributed by atoms with Gasteiger partial charge in [0.2, 0.25) is 0 Å². The molecule has 2 N–H and O–H groups in total. The lowest BCUT2D eigenvalue weighted by Crippen LogP contribution is -2.42. The van der Waals surface area contributed by atoms with Crippen LogP contribution in [0.2, 0.25) is 0 Å². The Morgan fingerprint density at radius 2 is 2.08 bits per heavy atom. The number of nitrogens with zero attached hydrogens (tertiary/aromatic N) is 1. The second kappa shape index (κ2) is 10.5. The molecule has 0 aliphatic carbocycles. The summed E-state index contributed by atoms with van der Waals surface area (Å²) in [7, 11) is 1.73. The van der Waals surface area contributed by atoms with Gasteiger partial charge in [-0.1, -0.05) is 12.1 Å². The number of hydrogen-bond acceptors (Lipinski definition) is 3. The molecule has 0 amide bonds. The summed E-state index contributed by atoms with van der Waals surface area (Å²) in [5.74, 6) is 0.930. The fourth-order valence-corrected chi connectivity index (χ4v) is 2.80. The number of nitrogens with one attached hydrogen (secondary N) is 2. The van der Waals surface area contributed by atoms with Gasteiger partial charge in [-0.25, -0.2) is 4.39 Å². The van der Waals surface area contributed by atoms with Crippen LogP contribution in [0.4, 0.5) is 4.39 Å². The third-order valence-electron chi connectivity index (χ3n) is 3.24. The maximum Gasteiger partial charge on any atom is 0.191 e. The molecule has 1 heterocycles. The van der Waals surface area contributed by atoms with E-state index in [4.69, 9.17) is 4.74 Å². The average Bonchev–Trinajstić information content (AvgIpc) is 3.05. The molecule has 2 unspecified atom stereocenters. The van der Waals surface area contributed by atoms with Gasteiger partial charge in [-0.05, 0) is 37.4 Å². The van der Waals surface area contributed by atoms with Crippen LogP contribution in [-0.4, -0.2) is 25.7 Å². The molecule has 0 spiro atoms. The van der Waals surface area contributed by atoms with Crippen molar-refractivity contribution in [1.82, 2.24) is 10.6 Å². The van der Waals surface area contributed by atoms with Gasteiger partial charge in [0.1, 0.15) is 17.7 Å². The fourth-order valence-electron chi connectivity index (χ4n) is 2.06. The average molecular weight is 463 g/mol. The van der Waals surface area contributed by atoms with Crippen molar-refractivity contribution in [3.8, 4) is 5.75 Å². The molecule has 7 heteroatoms. The Morgan fingerprint density at radius 1 is 1.29 bits per heavy atom. The molecule has 1 aromatic heterocycles. The zero-order valence-electron chi connectivity index (χ0n) is 14.0. The van der Waals surface area contributed by atoms with Crippen LogP contribution in [0.3, 0.4) is 0 Å². The molecule has 0 aliphatic rings. The van der Waals surface area contributed by atoms with E-state index in [0.29, 0.717) is 18.3 Å². The van der Waals surface area contributed by atoms with Crippen molar-refractivity contribution in [3.05, 3.63) is 52.5 Å². The number of halogens is 2. The van der Waals surface area contributed by atoms with Gasteiger partial charge in [-0.2, -0.15) is 0 Å². The number of hydrogen-bond donors (Lipinski definition) is 2. The summed E-state index contributed by atoms with van der Waals surface area (Å²) in [6.07, 6.45) is -0.118. The number of thiophene rings is 1. The Hall–Kier alpha value is -1.35. The van der Waals surface area contributed by atoms with Crippen molar-refractivity contribution in [2.24, 2.45) is 4.99 Å². The van der Waals surface area contributed by atoms with Crippen molar-refractivity contribution in [3.63, 3.8) is 0 Å². The van der Waals surface area contributed by atoms with E-state index in [1.807, 2.05) is 13.0 Å². The summed E-state index contributed by atoms with van der Waals surface area (Å²) in [5, 5.41) is 8.61. The van der Waals surface area contributed by atoms with Crippen LogP contribution in [0.15, 0.2) is 46.8 Å². The molecule has 0 aliphatic heterocycles. The standard InChI is InChI=1S/C17H22FN3OS.HI/c1-12(22-15-7-4-6-14(18)10-15)11-20-17(19-3)21-13(2)16-8-5-9-23-16;/h4-10,12-13H,11H2,1-3H3,(H2,19,20,21);1H. The molecule has 2 atom stereocenters. The largest absolute Gasteiger partial charge is 0.489 e. The Kier molecular flexibility index (Phi) is 9.05. The molecule has 0 saturated carbocycles. The van der Waals surface area contributed by atoms with Gasteiger partial charge in [-0.3, -0.25) is 4.99 Å². The lowest BCUT2D eigenvalue weighted by molar-refractivity contribution is 0.223. The minimum atomic E-state index is -0.301. The predicted molar refractivity (Wildman–Crippen MR) is 109 cm³/mol. The molecular weight excluding hydrogens is 440 g/mol. The molecule has 132 valence electrons. The molecule has 0 bridgehead atoms. The smallest absolute Gasteiger partial charge is 0.191 e. The van der Waals surface area contributed by atoms with Crippen LogP contribution in [0.1, 0.15) is 24.8 Å². The van der Waals surface area contributed by atoms with Crippen molar-refractivity contribution in [2.45, 2.75) is 26.0 Å². The fraction of sp³-hybridized carbons (Fsp3) is 0.353. The zero-order chi connectivity index (χ0) is 16.7. The summed E-state index contributed by atoms with van der Waals surface area (Å²) >= 11 is 1.71. The highest BCUT2D eigenvalue weighted by atomic mass is 127. The Labute approximate surface area is 163 Å². The highest BCUT2D eigenvalue weighted by Gasteiger charge is 2.10.